The summed E-state index contributed by atoms with van der Waals surface area (Å²) in [7, 11) is -3.61. The van der Waals surface area contributed by atoms with Gasteiger partial charge in [-0.3, -0.25) is 4.79 Å². The Morgan fingerprint density at radius 2 is 1.63 bits per heavy atom. The molecule has 0 atom stereocenters. The number of benzene rings is 2. The summed E-state index contributed by atoms with van der Waals surface area (Å²) in [5, 5.41) is 8.68. The highest BCUT2D eigenvalue weighted by Crippen LogP contribution is 2.25. The summed E-state index contributed by atoms with van der Waals surface area (Å²) in [5.41, 5.74) is 2.42. The van der Waals surface area contributed by atoms with Crippen molar-refractivity contribution in [3.63, 3.8) is 0 Å². The maximum Gasteiger partial charge on any atom is 0.253 e. The number of ether oxygens (including phenoxy) is 2. The van der Waals surface area contributed by atoms with E-state index in [1.807, 2.05) is 31.2 Å². The quantitative estimate of drug-likeness (QED) is 0.318. The van der Waals surface area contributed by atoms with Crippen molar-refractivity contribution in [1.82, 2.24) is 34.2 Å². The normalized spacial score (nSPS) is 16.7. The summed E-state index contributed by atoms with van der Waals surface area (Å²) in [6, 6.07) is 13.7. The van der Waals surface area contributed by atoms with Crippen LogP contribution in [0.1, 0.15) is 17.3 Å². The standard InChI is InChI=1S/C27H30N8O5S/c1-2-40-22-7-5-21(6-8-22)35-26-24(30-31-35)25(28-19-29-26)32-11-13-33(14-12-32)27(36)20-3-9-23(10-4-20)41(37,38)34-15-17-39-18-16-34/h3-10,19H,2,11-18H2,1H3. The minimum absolute atomic E-state index is 0.144. The highest BCUT2D eigenvalue weighted by Gasteiger charge is 2.28. The maximum absolute atomic E-state index is 13.2. The Kier molecular flexibility index (Phi) is 7.51. The molecule has 0 unspecified atom stereocenters. The van der Waals surface area contributed by atoms with Crippen molar-refractivity contribution < 1.29 is 22.7 Å². The van der Waals surface area contributed by atoms with Crippen molar-refractivity contribution in [1.29, 1.82) is 0 Å². The third-order valence-corrected chi connectivity index (χ3v) is 9.10. The van der Waals surface area contributed by atoms with Crippen LogP contribution < -0.4 is 9.64 Å². The van der Waals surface area contributed by atoms with Crippen LogP contribution >= 0.6 is 0 Å². The zero-order chi connectivity index (χ0) is 28.4. The van der Waals surface area contributed by atoms with Gasteiger partial charge in [0.25, 0.3) is 5.91 Å². The maximum atomic E-state index is 13.2. The van der Waals surface area contributed by atoms with E-state index in [4.69, 9.17) is 9.47 Å². The van der Waals surface area contributed by atoms with Crippen molar-refractivity contribution in [3.05, 3.63) is 60.4 Å². The number of hydrogen-bond acceptors (Lipinski definition) is 10. The fourth-order valence-electron chi connectivity index (χ4n) is 5.00. The number of carbonyl (C=O) groups is 1. The Bertz CT molecular complexity index is 1630. The number of fused-ring (bicyclic) bond motifs is 1. The Morgan fingerprint density at radius 1 is 0.927 bits per heavy atom. The van der Waals surface area contributed by atoms with Crippen LogP contribution in [-0.2, 0) is 14.8 Å². The van der Waals surface area contributed by atoms with Crippen molar-refractivity contribution in [2.45, 2.75) is 11.8 Å². The van der Waals surface area contributed by atoms with Crippen LogP contribution in [0.25, 0.3) is 16.9 Å². The topological polar surface area (TPSA) is 136 Å². The van der Waals surface area contributed by atoms with Crippen LogP contribution in [0.2, 0.25) is 0 Å². The lowest BCUT2D eigenvalue weighted by molar-refractivity contribution is 0.0730. The van der Waals surface area contributed by atoms with E-state index in [1.54, 1.807) is 21.7 Å². The zero-order valence-corrected chi connectivity index (χ0v) is 23.4. The van der Waals surface area contributed by atoms with Crippen LogP contribution in [0.5, 0.6) is 5.75 Å². The lowest BCUT2D eigenvalue weighted by Crippen LogP contribution is -2.49. The summed E-state index contributed by atoms with van der Waals surface area (Å²) in [4.78, 5) is 26.1. The minimum Gasteiger partial charge on any atom is -0.494 e. The predicted octanol–water partition coefficient (Wildman–Crippen LogP) is 1.59. The molecule has 0 spiro atoms. The fourth-order valence-corrected chi connectivity index (χ4v) is 6.41. The van der Waals surface area contributed by atoms with Gasteiger partial charge < -0.3 is 19.3 Å². The summed E-state index contributed by atoms with van der Waals surface area (Å²) in [6.45, 7) is 5.99. The van der Waals surface area contributed by atoms with Gasteiger partial charge in [-0.15, -0.1) is 5.10 Å². The molecule has 41 heavy (non-hydrogen) atoms. The van der Waals surface area contributed by atoms with Gasteiger partial charge in [0.15, 0.2) is 17.0 Å². The summed E-state index contributed by atoms with van der Waals surface area (Å²) >= 11 is 0. The summed E-state index contributed by atoms with van der Waals surface area (Å²) in [5.74, 6) is 1.29. The lowest BCUT2D eigenvalue weighted by Gasteiger charge is -2.35. The van der Waals surface area contributed by atoms with E-state index in [2.05, 4.69) is 25.2 Å². The summed E-state index contributed by atoms with van der Waals surface area (Å²) in [6.07, 6.45) is 1.50. The van der Waals surface area contributed by atoms with Crippen molar-refractivity contribution >= 4 is 32.9 Å². The SMILES string of the molecule is CCOc1ccc(-n2nnc3c(N4CCN(C(=O)c5ccc(S(=O)(=O)N6CCOCC6)cc5)CC4)ncnc32)cc1. The van der Waals surface area contributed by atoms with Crippen LogP contribution in [0.15, 0.2) is 59.8 Å². The van der Waals surface area contributed by atoms with Crippen molar-refractivity contribution in [3.8, 4) is 11.4 Å². The molecule has 6 rings (SSSR count). The van der Waals surface area contributed by atoms with Gasteiger partial charge in [0.1, 0.15) is 12.1 Å². The van der Waals surface area contributed by atoms with Crippen LogP contribution in [-0.4, -0.2) is 108 Å². The van der Waals surface area contributed by atoms with Gasteiger partial charge in [-0.25, -0.2) is 18.4 Å². The van der Waals surface area contributed by atoms with Gasteiger partial charge in [-0.05, 0) is 55.5 Å². The molecule has 14 heteroatoms. The fraction of sp³-hybridized carbons (Fsp3) is 0.370. The zero-order valence-electron chi connectivity index (χ0n) is 22.6. The first-order valence-corrected chi connectivity index (χ1v) is 14.9. The predicted molar refractivity (Wildman–Crippen MR) is 150 cm³/mol. The molecule has 13 nitrogen and oxygen atoms in total. The van der Waals surface area contributed by atoms with E-state index in [-0.39, 0.29) is 10.8 Å². The molecular formula is C27H30N8O5S. The van der Waals surface area contributed by atoms with E-state index >= 15 is 0 Å². The Balaban J connectivity index is 1.13. The third-order valence-electron chi connectivity index (χ3n) is 7.19. The van der Waals surface area contributed by atoms with Gasteiger partial charge in [0, 0.05) is 44.8 Å². The first-order chi connectivity index (χ1) is 20.0. The second-order valence-corrected chi connectivity index (χ2v) is 11.6. The molecule has 0 bridgehead atoms. The number of carbonyl (C=O) groups excluding carboxylic acids is 1. The largest absolute Gasteiger partial charge is 0.494 e. The molecule has 2 aromatic heterocycles. The molecule has 2 aliphatic heterocycles. The van der Waals surface area contributed by atoms with Gasteiger partial charge in [-0.1, -0.05) is 5.21 Å². The molecule has 4 aromatic rings. The van der Waals surface area contributed by atoms with E-state index in [0.717, 1.165) is 11.4 Å². The number of nitrogens with zero attached hydrogens (tertiary/aromatic N) is 8. The number of anilines is 1. The minimum atomic E-state index is -3.61. The van der Waals surface area contributed by atoms with E-state index in [1.165, 1.54) is 22.8 Å². The Labute approximate surface area is 237 Å². The molecule has 0 N–H and O–H groups in total. The second kappa shape index (κ2) is 11.4. The van der Waals surface area contributed by atoms with E-state index < -0.39 is 10.0 Å². The van der Waals surface area contributed by atoms with E-state index in [9.17, 15) is 13.2 Å². The van der Waals surface area contributed by atoms with Crippen molar-refractivity contribution in [2.24, 2.45) is 0 Å². The van der Waals surface area contributed by atoms with E-state index in [0.29, 0.717) is 81.6 Å². The van der Waals surface area contributed by atoms with Gasteiger partial charge in [0.2, 0.25) is 10.0 Å². The number of piperazine rings is 1. The second-order valence-electron chi connectivity index (χ2n) is 9.62. The molecule has 2 saturated heterocycles. The smallest absolute Gasteiger partial charge is 0.253 e. The molecule has 4 heterocycles. The average Bonchev–Trinajstić information content (AvgIpc) is 3.46. The number of hydrogen-bond donors (Lipinski definition) is 0. The number of amides is 1. The molecule has 214 valence electrons. The van der Waals surface area contributed by atoms with Gasteiger partial charge in [-0.2, -0.15) is 8.99 Å². The van der Waals surface area contributed by atoms with Gasteiger partial charge in [0.05, 0.1) is 30.4 Å². The number of aromatic nitrogens is 5. The molecule has 2 aromatic carbocycles. The number of rotatable bonds is 7. The molecule has 1 amide bonds. The molecule has 0 aliphatic carbocycles. The highest BCUT2D eigenvalue weighted by atomic mass is 32.2. The van der Waals surface area contributed by atoms with Crippen LogP contribution in [0, 0.1) is 0 Å². The third kappa shape index (κ3) is 5.33. The summed E-state index contributed by atoms with van der Waals surface area (Å²) < 4.78 is 39.7. The Hall–Kier alpha value is -4.14. The Morgan fingerprint density at radius 3 is 2.32 bits per heavy atom. The monoisotopic (exact) mass is 578 g/mol. The molecular weight excluding hydrogens is 548 g/mol. The van der Waals surface area contributed by atoms with Crippen molar-refractivity contribution in [2.75, 3.05) is 64.0 Å². The van der Waals surface area contributed by atoms with Crippen LogP contribution in [0.3, 0.4) is 0 Å². The van der Waals surface area contributed by atoms with Gasteiger partial charge >= 0.3 is 0 Å². The molecule has 2 aliphatic rings. The highest BCUT2D eigenvalue weighted by molar-refractivity contribution is 7.89. The first-order valence-electron chi connectivity index (χ1n) is 13.5. The number of morpholine rings is 1. The average molecular weight is 579 g/mol. The van der Waals surface area contributed by atoms with Crippen LogP contribution in [0.4, 0.5) is 5.82 Å². The molecule has 0 saturated carbocycles. The lowest BCUT2D eigenvalue weighted by atomic mass is 10.2. The molecule has 0 radical (unpaired) electrons. The molecule has 2 fully saturated rings. The first kappa shape index (κ1) is 27.1. The number of sulfonamides is 1.